The van der Waals surface area contributed by atoms with E-state index in [9.17, 15) is 9.90 Å². The molecule has 0 saturated heterocycles. The van der Waals surface area contributed by atoms with E-state index in [4.69, 9.17) is 18.4 Å². The second-order valence-corrected chi connectivity index (χ2v) is 16.1. The molecule has 1 aromatic heterocycles. The van der Waals surface area contributed by atoms with E-state index in [0.29, 0.717) is 29.6 Å². The van der Waals surface area contributed by atoms with Gasteiger partial charge in [-0.3, -0.25) is 0 Å². The number of carbonyl (C=O) groups is 1. The van der Waals surface area contributed by atoms with Crippen molar-refractivity contribution < 1.29 is 32.7 Å². The number of ether oxygens (including phenoxy) is 2. The zero-order chi connectivity index (χ0) is 30.4. The lowest BCUT2D eigenvalue weighted by Gasteiger charge is -2.36. The van der Waals surface area contributed by atoms with Crippen LogP contribution in [-0.4, -0.2) is 67.0 Å². The van der Waals surface area contributed by atoms with Gasteiger partial charge in [0.15, 0.2) is 19.8 Å². The fraction of sp³-hybridized carbons (Fsp3) is 0.393. The van der Waals surface area contributed by atoms with Crippen molar-refractivity contribution in [1.29, 1.82) is 0 Å². The Morgan fingerprint density at radius 2 is 1.83 bits per heavy atom. The highest BCUT2D eigenvalue weighted by atomic mass is 32.2. The fourth-order valence-electron chi connectivity index (χ4n) is 3.39. The molecule has 0 aliphatic heterocycles. The van der Waals surface area contributed by atoms with Crippen molar-refractivity contribution in [2.75, 3.05) is 26.6 Å². The Bertz CT molecular complexity index is 1430. The van der Waals surface area contributed by atoms with Crippen molar-refractivity contribution in [2.24, 2.45) is 9.98 Å². The number of thioether (sulfide) groups is 1. The van der Waals surface area contributed by atoms with E-state index in [1.54, 1.807) is 37.4 Å². The summed E-state index contributed by atoms with van der Waals surface area (Å²) in [6.07, 6.45) is 0.201. The summed E-state index contributed by atoms with van der Waals surface area (Å²) in [5.74, 6) is 0.596. The lowest BCUT2D eigenvalue weighted by molar-refractivity contribution is 0.198. The number of carboxylic acid groups (broad SMARTS) is 1. The summed E-state index contributed by atoms with van der Waals surface area (Å²) in [4.78, 5) is 23.9. The predicted octanol–water partition coefficient (Wildman–Crippen LogP) is 7.15. The van der Waals surface area contributed by atoms with Gasteiger partial charge in [-0.2, -0.15) is 9.98 Å². The van der Waals surface area contributed by atoms with Crippen molar-refractivity contribution >= 4 is 42.6 Å². The molecule has 1 amide bonds. The Hall–Kier alpha value is -3.55. The van der Waals surface area contributed by atoms with Gasteiger partial charge >= 0.3 is 6.09 Å². The summed E-state index contributed by atoms with van der Waals surface area (Å²) in [7, 11) is -0.529. The van der Waals surface area contributed by atoms with Crippen LogP contribution in [0.3, 0.4) is 0 Å². The van der Waals surface area contributed by atoms with Crippen LogP contribution in [0.1, 0.15) is 32.2 Å². The lowest BCUT2D eigenvalue weighted by Crippen LogP contribution is -2.41. The Labute approximate surface area is 244 Å². The summed E-state index contributed by atoms with van der Waals surface area (Å²) in [6.45, 7) is 13.0. The molecule has 3 rings (SSSR count). The number of rotatable bonds is 10. The zero-order valence-electron chi connectivity index (χ0n) is 24.4. The van der Waals surface area contributed by atoms with Gasteiger partial charge in [-0.1, -0.05) is 25.9 Å². The number of aliphatic imine (C=N–C) groups is 2. The fourth-order valence-corrected chi connectivity index (χ4v) is 4.93. The molecule has 0 radical (unpaired) electrons. The molecule has 41 heavy (non-hydrogen) atoms. The van der Waals surface area contributed by atoms with Crippen molar-refractivity contribution in [1.82, 2.24) is 10.1 Å². The average Bonchev–Trinajstić information content (AvgIpc) is 3.34. The monoisotopic (exact) mass is 602 g/mol. The second-order valence-electron chi connectivity index (χ2n) is 10.5. The van der Waals surface area contributed by atoms with Gasteiger partial charge in [0.25, 0.3) is 0 Å². The van der Waals surface area contributed by atoms with Gasteiger partial charge in [0.1, 0.15) is 23.2 Å². The van der Waals surface area contributed by atoms with Crippen molar-refractivity contribution in [3.05, 3.63) is 53.7 Å². The van der Waals surface area contributed by atoms with Crippen LogP contribution in [-0.2, 0) is 4.43 Å². The third kappa shape index (κ3) is 8.24. The third-order valence-corrected chi connectivity index (χ3v) is 11.8. The maximum Gasteiger partial charge on any atom is 0.432 e. The Morgan fingerprint density at radius 1 is 1.15 bits per heavy atom. The number of aromatic nitrogens is 2. The normalized spacial score (nSPS) is 12.9. The molecule has 0 atom stereocenters. The van der Waals surface area contributed by atoms with Crippen LogP contribution in [0.4, 0.5) is 14.9 Å². The smallest absolute Gasteiger partial charge is 0.432 e. The van der Waals surface area contributed by atoms with Crippen LogP contribution in [0.2, 0.25) is 18.1 Å². The topological polar surface area (TPSA) is 129 Å². The van der Waals surface area contributed by atoms with Gasteiger partial charge in [0.2, 0.25) is 11.7 Å². The average molecular weight is 603 g/mol. The molecular formula is C28H35FN4O6SSi. The first-order valence-electron chi connectivity index (χ1n) is 12.8. The molecule has 3 aromatic rings. The summed E-state index contributed by atoms with van der Waals surface area (Å²) in [5, 5.41) is 13.3. The van der Waals surface area contributed by atoms with E-state index < -0.39 is 20.2 Å². The Morgan fingerprint density at radius 3 is 2.37 bits per heavy atom. The first kappa shape index (κ1) is 32.0. The number of methoxy groups -OCH3 is 1. The van der Waals surface area contributed by atoms with Crippen LogP contribution >= 0.6 is 11.8 Å². The third-order valence-electron chi connectivity index (χ3n) is 6.61. The number of nitrogens with zero attached hydrogens (tertiary/aromatic N) is 4. The zero-order valence-corrected chi connectivity index (χ0v) is 26.3. The Kier molecular flexibility index (Phi) is 10.5. The number of halogens is 1. The van der Waals surface area contributed by atoms with Crippen LogP contribution in [0, 0.1) is 12.7 Å². The van der Waals surface area contributed by atoms with Gasteiger partial charge in [-0.15, -0.1) is 11.8 Å². The van der Waals surface area contributed by atoms with E-state index >= 15 is 4.39 Å². The van der Waals surface area contributed by atoms with Crippen LogP contribution in [0.15, 0.2) is 50.9 Å². The van der Waals surface area contributed by atoms with E-state index in [1.807, 2.05) is 0 Å². The van der Waals surface area contributed by atoms with Crippen molar-refractivity contribution in [3.8, 4) is 22.9 Å². The molecule has 2 aromatic carbocycles. The first-order valence-corrected chi connectivity index (χ1v) is 16.9. The minimum absolute atomic E-state index is 0.000979. The van der Waals surface area contributed by atoms with E-state index in [2.05, 4.69) is 54.0 Å². The highest BCUT2D eigenvalue weighted by Crippen LogP contribution is 2.37. The van der Waals surface area contributed by atoms with Gasteiger partial charge in [-0.05, 0) is 54.7 Å². The molecule has 0 aliphatic rings. The van der Waals surface area contributed by atoms with Gasteiger partial charge in [-0.25, -0.2) is 14.2 Å². The van der Waals surface area contributed by atoms with E-state index in [-0.39, 0.29) is 39.5 Å². The molecule has 0 bridgehead atoms. The molecule has 10 nitrogen and oxygen atoms in total. The van der Waals surface area contributed by atoms with Gasteiger partial charge < -0.3 is 23.5 Å². The van der Waals surface area contributed by atoms with E-state index in [0.717, 1.165) is 11.8 Å². The predicted molar refractivity (Wildman–Crippen MR) is 161 cm³/mol. The SMILES string of the molecule is COc1cc(C(=Nc2ccc(-c3noc(C)n3)cc2)C(=NC(=O)O)SC)c(F)cc1OCCO[Si](C)(C)C(C)(C)C. The summed E-state index contributed by atoms with van der Waals surface area (Å²) < 4.78 is 38.1. The number of aryl methyl sites for hydroxylation is 1. The van der Waals surface area contributed by atoms with Crippen molar-refractivity contribution in [3.63, 3.8) is 0 Å². The second kappa shape index (κ2) is 13.4. The van der Waals surface area contributed by atoms with Crippen LogP contribution in [0.25, 0.3) is 11.4 Å². The molecule has 0 fully saturated rings. The largest absolute Gasteiger partial charge is 0.493 e. The molecule has 0 aliphatic carbocycles. The molecule has 1 heterocycles. The summed E-state index contributed by atoms with van der Waals surface area (Å²) in [6, 6.07) is 9.42. The van der Waals surface area contributed by atoms with Gasteiger partial charge in [0.05, 0.1) is 19.4 Å². The number of amides is 1. The summed E-state index contributed by atoms with van der Waals surface area (Å²) in [5.41, 5.74) is 1.14. The minimum atomic E-state index is -1.97. The maximum atomic E-state index is 15.6. The number of benzene rings is 2. The van der Waals surface area contributed by atoms with Gasteiger partial charge in [0, 0.05) is 24.1 Å². The molecule has 13 heteroatoms. The number of hydrogen-bond donors (Lipinski definition) is 1. The first-order chi connectivity index (χ1) is 19.3. The molecule has 0 unspecified atom stereocenters. The maximum absolute atomic E-state index is 15.6. The molecule has 1 N–H and O–H groups in total. The standard InChI is InChI=1S/C28H35FN4O6SSi/c1-17-30-25(33-39-17)18-9-11-19(12-10-18)31-24(26(40-6)32-27(34)35)20-15-22(36-5)23(16-21(20)29)37-13-14-38-41(7,8)28(2,3)4/h9-12,15-16H,13-14H2,1-8H3,(H,34,35). The van der Waals surface area contributed by atoms with E-state index in [1.165, 1.54) is 19.2 Å². The Balaban J connectivity index is 1.95. The van der Waals surface area contributed by atoms with Crippen LogP contribution in [0.5, 0.6) is 11.5 Å². The minimum Gasteiger partial charge on any atom is -0.493 e. The molecule has 0 saturated carbocycles. The molecular weight excluding hydrogens is 567 g/mol. The number of hydrogen-bond acceptors (Lipinski definition) is 9. The van der Waals surface area contributed by atoms with Crippen LogP contribution < -0.4 is 9.47 Å². The molecule has 220 valence electrons. The summed E-state index contributed by atoms with van der Waals surface area (Å²) >= 11 is 1.03. The molecule has 0 spiro atoms. The highest BCUT2D eigenvalue weighted by Gasteiger charge is 2.37. The highest BCUT2D eigenvalue weighted by molar-refractivity contribution is 8.15. The van der Waals surface area contributed by atoms with Crippen molar-refractivity contribution in [2.45, 2.75) is 45.8 Å². The quantitative estimate of drug-likeness (QED) is 0.111. The lowest BCUT2D eigenvalue weighted by atomic mass is 10.1.